The van der Waals surface area contributed by atoms with Gasteiger partial charge >= 0.3 is 0 Å². The first-order chi connectivity index (χ1) is 11.8. The number of ether oxygens (including phenoxy) is 2. The molecule has 1 aliphatic carbocycles. The highest BCUT2D eigenvalue weighted by molar-refractivity contribution is 5.94. The van der Waals surface area contributed by atoms with Crippen LogP contribution in [0.1, 0.15) is 23.2 Å². The highest BCUT2D eigenvalue weighted by Crippen LogP contribution is 2.33. The van der Waals surface area contributed by atoms with Gasteiger partial charge < -0.3 is 14.4 Å². The number of fused-ring (bicyclic) bond motifs is 1. The van der Waals surface area contributed by atoms with Gasteiger partial charge in [-0.25, -0.2) is 4.98 Å². The van der Waals surface area contributed by atoms with Gasteiger partial charge in [0.2, 0.25) is 5.88 Å². The fourth-order valence-electron chi connectivity index (χ4n) is 3.45. The zero-order valence-electron chi connectivity index (χ0n) is 13.1. The number of rotatable bonds is 3. The van der Waals surface area contributed by atoms with Gasteiger partial charge in [0, 0.05) is 18.8 Å². The second-order valence-corrected chi connectivity index (χ2v) is 5.93. The molecule has 1 aliphatic heterocycles. The van der Waals surface area contributed by atoms with Gasteiger partial charge in [-0.1, -0.05) is 6.07 Å². The van der Waals surface area contributed by atoms with Crippen LogP contribution in [0.5, 0.6) is 5.88 Å². The quantitative estimate of drug-likeness (QED) is 0.847. The van der Waals surface area contributed by atoms with Crippen LogP contribution in [0.2, 0.25) is 0 Å². The van der Waals surface area contributed by atoms with Gasteiger partial charge in [-0.05, 0) is 25.0 Å². The average molecular weight is 326 g/mol. The molecule has 1 saturated carbocycles. The van der Waals surface area contributed by atoms with Crippen LogP contribution in [-0.4, -0.2) is 57.4 Å². The Morgan fingerprint density at radius 3 is 2.96 bits per heavy atom. The average Bonchev–Trinajstić information content (AvgIpc) is 3.06. The molecule has 0 radical (unpaired) electrons. The molecule has 7 nitrogen and oxygen atoms in total. The van der Waals surface area contributed by atoms with E-state index in [1.165, 1.54) is 12.4 Å². The Morgan fingerprint density at radius 2 is 2.17 bits per heavy atom. The van der Waals surface area contributed by atoms with Crippen molar-refractivity contribution in [3.8, 4) is 5.88 Å². The van der Waals surface area contributed by atoms with E-state index in [0.717, 1.165) is 12.8 Å². The Balaban J connectivity index is 1.49. The number of hydrogen-bond acceptors (Lipinski definition) is 6. The molecule has 3 atom stereocenters. The lowest BCUT2D eigenvalue weighted by atomic mass is 10.1. The zero-order valence-corrected chi connectivity index (χ0v) is 13.1. The van der Waals surface area contributed by atoms with Gasteiger partial charge in [0.1, 0.15) is 12.2 Å². The number of amides is 1. The highest BCUT2D eigenvalue weighted by Gasteiger charge is 2.46. The van der Waals surface area contributed by atoms with Crippen molar-refractivity contribution in [1.29, 1.82) is 0 Å². The predicted octanol–water partition coefficient (Wildman–Crippen LogP) is 1.32. The van der Waals surface area contributed by atoms with Crippen molar-refractivity contribution >= 4 is 5.91 Å². The molecule has 24 heavy (non-hydrogen) atoms. The van der Waals surface area contributed by atoms with Crippen LogP contribution >= 0.6 is 0 Å². The van der Waals surface area contributed by atoms with Crippen LogP contribution in [0.4, 0.5) is 0 Å². The standard InChI is InChI=1S/C17H18N4O3/c22-17(12-6-8-19-20-11-12)21-9-10-23-16-13(21)4-5-14(16)24-15-3-1-2-7-18-15/h1-3,6-8,11,13-14,16H,4-5,9-10H2/t13-,14-,16+/m1/s1. The first-order valence-corrected chi connectivity index (χ1v) is 8.10. The maximum Gasteiger partial charge on any atom is 0.255 e. The highest BCUT2D eigenvalue weighted by atomic mass is 16.5. The Hall–Kier alpha value is -2.54. The number of morpholine rings is 1. The summed E-state index contributed by atoms with van der Waals surface area (Å²) in [5.74, 6) is 0.565. The second-order valence-electron chi connectivity index (χ2n) is 5.93. The second kappa shape index (κ2) is 6.52. The van der Waals surface area contributed by atoms with Gasteiger partial charge in [-0.3, -0.25) is 4.79 Å². The molecule has 2 aliphatic rings. The first kappa shape index (κ1) is 15.0. The fraction of sp³-hybridized carbons (Fsp3) is 0.412. The molecular formula is C17H18N4O3. The molecule has 4 rings (SSSR count). The molecular weight excluding hydrogens is 308 g/mol. The van der Waals surface area contributed by atoms with Crippen LogP contribution in [0, 0.1) is 0 Å². The number of aromatic nitrogens is 3. The van der Waals surface area contributed by atoms with Gasteiger partial charge in [-0.2, -0.15) is 10.2 Å². The molecule has 2 aromatic rings. The molecule has 0 bridgehead atoms. The van der Waals surface area contributed by atoms with Gasteiger partial charge in [-0.15, -0.1) is 0 Å². The minimum atomic E-state index is -0.125. The normalized spacial score (nSPS) is 26.0. The number of pyridine rings is 1. The largest absolute Gasteiger partial charge is 0.471 e. The minimum absolute atomic E-state index is 0.0214. The molecule has 7 heteroatoms. The van der Waals surface area contributed by atoms with E-state index in [1.54, 1.807) is 12.3 Å². The smallest absolute Gasteiger partial charge is 0.255 e. The SMILES string of the molecule is O=C(c1ccnnc1)N1CCO[C@H]2[C@H]1CC[C@H]2Oc1ccccn1. The maximum atomic E-state index is 12.8. The summed E-state index contributed by atoms with van der Waals surface area (Å²) < 4.78 is 11.9. The van der Waals surface area contributed by atoms with Crippen molar-refractivity contribution in [2.24, 2.45) is 0 Å². The van der Waals surface area contributed by atoms with E-state index >= 15 is 0 Å². The van der Waals surface area contributed by atoms with Crippen molar-refractivity contribution in [2.75, 3.05) is 13.2 Å². The first-order valence-electron chi connectivity index (χ1n) is 8.10. The van der Waals surface area contributed by atoms with E-state index in [4.69, 9.17) is 9.47 Å². The molecule has 0 spiro atoms. The van der Waals surface area contributed by atoms with E-state index in [0.29, 0.717) is 24.6 Å². The van der Waals surface area contributed by atoms with Gasteiger partial charge in [0.05, 0.1) is 30.6 Å². The molecule has 1 amide bonds. The summed E-state index contributed by atoms with van der Waals surface area (Å²) in [6.07, 6.45) is 6.22. The van der Waals surface area contributed by atoms with Crippen molar-refractivity contribution in [3.63, 3.8) is 0 Å². The molecule has 1 saturated heterocycles. The number of carbonyl (C=O) groups excluding carboxylic acids is 1. The van der Waals surface area contributed by atoms with Gasteiger partial charge in [0.15, 0.2) is 0 Å². The van der Waals surface area contributed by atoms with E-state index < -0.39 is 0 Å². The third-order valence-electron chi connectivity index (χ3n) is 4.54. The number of carbonyl (C=O) groups is 1. The molecule has 0 N–H and O–H groups in total. The molecule has 2 fully saturated rings. The third-order valence-corrected chi connectivity index (χ3v) is 4.54. The van der Waals surface area contributed by atoms with E-state index in [9.17, 15) is 4.79 Å². The summed E-state index contributed by atoms with van der Waals surface area (Å²) in [5.41, 5.74) is 0.555. The predicted molar refractivity (Wildman–Crippen MR) is 84.5 cm³/mol. The van der Waals surface area contributed by atoms with Crippen LogP contribution in [0.3, 0.4) is 0 Å². The zero-order chi connectivity index (χ0) is 16.4. The molecule has 3 heterocycles. The van der Waals surface area contributed by atoms with Crippen LogP contribution < -0.4 is 4.74 Å². The number of hydrogen-bond donors (Lipinski definition) is 0. The third kappa shape index (κ3) is 2.82. The van der Waals surface area contributed by atoms with E-state index in [2.05, 4.69) is 15.2 Å². The summed E-state index contributed by atoms with van der Waals surface area (Å²) in [5, 5.41) is 7.52. The summed E-state index contributed by atoms with van der Waals surface area (Å²) in [7, 11) is 0. The van der Waals surface area contributed by atoms with Crippen LogP contribution in [0.25, 0.3) is 0 Å². The topological polar surface area (TPSA) is 77.4 Å². The molecule has 2 aromatic heterocycles. The Morgan fingerprint density at radius 1 is 1.21 bits per heavy atom. The van der Waals surface area contributed by atoms with Gasteiger partial charge in [0.25, 0.3) is 5.91 Å². The molecule has 0 unspecified atom stereocenters. The summed E-state index contributed by atoms with van der Waals surface area (Å²) in [6.45, 7) is 1.09. The van der Waals surface area contributed by atoms with Crippen LogP contribution in [-0.2, 0) is 4.74 Å². The molecule has 124 valence electrons. The monoisotopic (exact) mass is 326 g/mol. The minimum Gasteiger partial charge on any atom is -0.471 e. The molecule has 0 aromatic carbocycles. The fourth-order valence-corrected chi connectivity index (χ4v) is 3.45. The van der Waals surface area contributed by atoms with Crippen molar-refractivity contribution in [1.82, 2.24) is 20.1 Å². The lowest BCUT2D eigenvalue weighted by Gasteiger charge is -2.38. The van der Waals surface area contributed by atoms with Crippen molar-refractivity contribution < 1.29 is 14.3 Å². The van der Waals surface area contributed by atoms with Crippen molar-refractivity contribution in [3.05, 3.63) is 48.4 Å². The summed E-state index contributed by atoms with van der Waals surface area (Å²) >= 11 is 0. The van der Waals surface area contributed by atoms with Crippen molar-refractivity contribution in [2.45, 2.75) is 31.1 Å². The number of nitrogens with zero attached hydrogens (tertiary/aromatic N) is 4. The maximum absolute atomic E-state index is 12.8. The van der Waals surface area contributed by atoms with E-state index in [1.807, 2.05) is 23.1 Å². The Bertz CT molecular complexity index is 697. The lowest BCUT2D eigenvalue weighted by Crippen LogP contribution is -2.54. The van der Waals surface area contributed by atoms with E-state index in [-0.39, 0.29) is 24.2 Å². The van der Waals surface area contributed by atoms with Crippen LogP contribution in [0.15, 0.2) is 42.9 Å². The summed E-state index contributed by atoms with van der Waals surface area (Å²) in [6, 6.07) is 7.29. The Labute approximate surface area is 139 Å². The lowest BCUT2D eigenvalue weighted by molar-refractivity contribution is -0.0793. The summed E-state index contributed by atoms with van der Waals surface area (Å²) in [4.78, 5) is 18.8. The Kier molecular flexibility index (Phi) is 4.08.